The number of hydrogen-bond acceptors (Lipinski definition) is 3. The number of aliphatic hydroxyl groups is 1. The van der Waals surface area contributed by atoms with E-state index in [4.69, 9.17) is 4.74 Å². The predicted octanol–water partition coefficient (Wildman–Crippen LogP) is 3.70. The Bertz CT molecular complexity index is 519. The van der Waals surface area contributed by atoms with Crippen molar-refractivity contribution in [2.75, 3.05) is 32.8 Å². The van der Waals surface area contributed by atoms with Crippen molar-refractivity contribution in [1.29, 1.82) is 0 Å². The van der Waals surface area contributed by atoms with Crippen molar-refractivity contribution in [2.45, 2.75) is 19.4 Å². The van der Waals surface area contributed by atoms with Crippen LogP contribution in [0.2, 0.25) is 0 Å². The van der Waals surface area contributed by atoms with Gasteiger partial charge in [-0.1, -0.05) is 74.5 Å². The first kappa shape index (κ1) is 20.7. The van der Waals surface area contributed by atoms with Crippen LogP contribution in [0.5, 0.6) is 0 Å². The fourth-order valence-corrected chi connectivity index (χ4v) is 2.71. The molecule has 0 atom stereocenters. The molecule has 2 aromatic carbocycles. The van der Waals surface area contributed by atoms with Gasteiger partial charge in [0, 0.05) is 6.54 Å². The Labute approximate surface area is 151 Å². The van der Waals surface area contributed by atoms with Gasteiger partial charge in [-0.05, 0) is 24.2 Å². The molecule has 0 aliphatic carbocycles. The molecule has 0 amide bonds. The summed E-state index contributed by atoms with van der Waals surface area (Å²) in [7, 11) is 0. The monoisotopic (exact) mass is 349 g/mol. The molecule has 2 rings (SSSR count). The molecule has 1 N–H and O–H groups in total. The Morgan fingerprint density at radius 3 is 1.75 bits per heavy atom. The summed E-state index contributed by atoms with van der Waals surface area (Å²) < 4.78 is 5.85. The van der Waals surface area contributed by atoms with Gasteiger partial charge < -0.3 is 14.7 Å². The number of hydrogen-bond donors (Lipinski definition) is 1. The average molecular weight is 350 g/mol. The van der Waals surface area contributed by atoms with Gasteiger partial charge in [-0.15, -0.1) is 12.4 Å². The highest BCUT2D eigenvalue weighted by Gasteiger charge is 2.31. The zero-order valence-corrected chi connectivity index (χ0v) is 15.3. The maximum Gasteiger partial charge on any atom is 0.138 e. The first-order chi connectivity index (χ1) is 11.2. The van der Waals surface area contributed by atoms with Gasteiger partial charge in [0.2, 0.25) is 0 Å². The Hall–Kier alpha value is -1.39. The van der Waals surface area contributed by atoms with E-state index in [1.54, 1.807) is 0 Å². The maximum absolute atomic E-state index is 11.3. The van der Waals surface area contributed by atoms with Crippen LogP contribution in [-0.4, -0.2) is 42.9 Å². The smallest absolute Gasteiger partial charge is 0.138 e. The lowest BCUT2D eigenvalue weighted by atomic mass is 9.87. The van der Waals surface area contributed by atoms with Crippen LogP contribution in [0.15, 0.2) is 60.7 Å². The summed E-state index contributed by atoms with van der Waals surface area (Å²) in [6.45, 7) is 8.07. The van der Waals surface area contributed by atoms with Gasteiger partial charge in [-0.25, -0.2) is 0 Å². The fraction of sp³-hybridized carbons (Fsp3) is 0.400. The summed E-state index contributed by atoms with van der Waals surface area (Å²) in [5.74, 6) is 0. The summed E-state index contributed by atoms with van der Waals surface area (Å²) in [5.41, 5.74) is 0.592. The van der Waals surface area contributed by atoms with Crippen LogP contribution < -0.4 is 0 Å². The third kappa shape index (κ3) is 5.32. The molecule has 132 valence electrons. The number of rotatable bonds is 9. The molecule has 3 nitrogen and oxygen atoms in total. The maximum atomic E-state index is 11.3. The van der Waals surface area contributed by atoms with E-state index in [0.29, 0.717) is 6.61 Å². The topological polar surface area (TPSA) is 32.7 Å². The molecule has 0 aliphatic rings. The fourth-order valence-electron chi connectivity index (χ4n) is 2.71. The Kier molecular flexibility index (Phi) is 9.01. The molecule has 0 radical (unpaired) electrons. The summed E-state index contributed by atoms with van der Waals surface area (Å²) in [4.78, 5) is 2.31. The van der Waals surface area contributed by atoms with Gasteiger partial charge in [0.1, 0.15) is 5.60 Å². The highest BCUT2D eigenvalue weighted by molar-refractivity contribution is 5.85. The highest BCUT2D eigenvalue weighted by Crippen LogP contribution is 2.29. The van der Waals surface area contributed by atoms with Crippen molar-refractivity contribution in [2.24, 2.45) is 0 Å². The van der Waals surface area contributed by atoms with E-state index in [-0.39, 0.29) is 19.0 Å². The summed E-state index contributed by atoms with van der Waals surface area (Å²) >= 11 is 0. The molecule has 0 unspecified atom stereocenters. The highest BCUT2D eigenvalue weighted by atomic mass is 35.5. The van der Waals surface area contributed by atoms with E-state index in [1.807, 2.05) is 60.7 Å². The molecule has 0 saturated carbocycles. The Morgan fingerprint density at radius 1 is 0.875 bits per heavy atom. The Morgan fingerprint density at radius 2 is 1.33 bits per heavy atom. The van der Waals surface area contributed by atoms with Gasteiger partial charge in [0.05, 0.1) is 13.2 Å². The first-order valence-electron chi connectivity index (χ1n) is 8.34. The van der Waals surface area contributed by atoms with E-state index in [2.05, 4.69) is 18.7 Å². The summed E-state index contributed by atoms with van der Waals surface area (Å²) in [6, 6.07) is 19.5. The lowest BCUT2D eigenvalue weighted by Gasteiger charge is -2.29. The second-order valence-corrected chi connectivity index (χ2v) is 5.67. The SMILES string of the molecule is CCN(CC)CCOCC(O)(c1ccccc1)c1ccccc1.Cl. The van der Waals surface area contributed by atoms with E-state index in [1.165, 1.54) is 0 Å². The first-order valence-corrected chi connectivity index (χ1v) is 8.34. The predicted molar refractivity (Wildman–Crippen MR) is 102 cm³/mol. The quantitative estimate of drug-likeness (QED) is 0.700. The summed E-state index contributed by atoms with van der Waals surface area (Å²) in [6.07, 6.45) is 0. The zero-order valence-electron chi connectivity index (χ0n) is 14.5. The van der Waals surface area contributed by atoms with Gasteiger partial charge in [0.15, 0.2) is 0 Å². The lowest BCUT2D eigenvalue weighted by Crippen LogP contribution is -2.35. The lowest BCUT2D eigenvalue weighted by molar-refractivity contribution is -0.0264. The van der Waals surface area contributed by atoms with Crippen molar-refractivity contribution < 1.29 is 9.84 Å². The molecule has 0 heterocycles. The average Bonchev–Trinajstić information content (AvgIpc) is 2.63. The minimum absolute atomic E-state index is 0. The standard InChI is InChI=1S/C20H27NO2.ClH/c1-3-21(4-2)15-16-23-17-20(22,18-11-7-5-8-12-18)19-13-9-6-10-14-19;/h5-14,22H,3-4,15-17H2,1-2H3;1H. The van der Waals surface area contributed by atoms with Crippen LogP contribution in [0, 0.1) is 0 Å². The number of nitrogens with zero attached hydrogens (tertiary/aromatic N) is 1. The third-order valence-corrected chi connectivity index (χ3v) is 4.26. The molecule has 2 aromatic rings. The van der Waals surface area contributed by atoms with E-state index in [9.17, 15) is 5.11 Å². The van der Waals surface area contributed by atoms with Crippen molar-refractivity contribution >= 4 is 12.4 Å². The normalized spacial score (nSPS) is 11.3. The van der Waals surface area contributed by atoms with E-state index >= 15 is 0 Å². The van der Waals surface area contributed by atoms with Crippen molar-refractivity contribution in [3.05, 3.63) is 71.8 Å². The number of likely N-dealkylation sites (N-methyl/N-ethyl adjacent to an activating group) is 1. The molecule has 0 saturated heterocycles. The van der Waals surface area contributed by atoms with E-state index in [0.717, 1.165) is 30.8 Å². The molecule has 0 aromatic heterocycles. The van der Waals surface area contributed by atoms with Crippen molar-refractivity contribution in [3.63, 3.8) is 0 Å². The molecule has 0 spiro atoms. The van der Waals surface area contributed by atoms with E-state index < -0.39 is 5.60 Å². The van der Waals surface area contributed by atoms with Crippen LogP contribution >= 0.6 is 12.4 Å². The molecular formula is C20H28ClNO2. The van der Waals surface area contributed by atoms with Crippen molar-refractivity contribution in [3.8, 4) is 0 Å². The van der Waals surface area contributed by atoms with Crippen LogP contribution in [0.25, 0.3) is 0 Å². The van der Waals surface area contributed by atoms with Crippen LogP contribution in [-0.2, 0) is 10.3 Å². The number of halogens is 1. The molecule has 24 heavy (non-hydrogen) atoms. The number of ether oxygens (including phenoxy) is 1. The minimum atomic E-state index is -1.12. The van der Waals surface area contributed by atoms with Crippen molar-refractivity contribution in [1.82, 2.24) is 4.90 Å². The van der Waals surface area contributed by atoms with Gasteiger partial charge in [-0.3, -0.25) is 0 Å². The molecule has 0 bridgehead atoms. The van der Waals surface area contributed by atoms with Gasteiger partial charge in [0.25, 0.3) is 0 Å². The van der Waals surface area contributed by atoms with Crippen LogP contribution in [0.1, 0.15) is 25.0 Å². The largest absolute Gasteiger partial charge is 0.378 e. The molecule has 4 heteroatoms. The molecular weight excluding hydrogens is 322 g/mol. The third-order valence-electron chi connectivity index (χ3n) is 4.26. The Balaban J connectivity index is 0.00000288. The van der Waals surface area contributed by atoms with Gasteiger partial charge in [-0.2, -0.15) is 0 Å². The molecule has 0 fully saturated rings. The second-order valence-electron chi connectivity index (χ2n) is 5.67. The van der Waals surface area contributed by atoms with Gasteiger partial charge >= 0.3 is 0 Å². The summed E-state index contributed by atoms with van der Waals surface area (Å²) in [5, 5.41) is 11.3. The number of benzene rings is 2. The zero-order chi connectivity index (χ0) is 16.5. The van der Waals surface area contributed by atoms with Crippen LogP contribution in [0.4, 0.5) is 0 Å². The minimum Gasteiger partial charge on any atom is -0.378 e. The second kappa shape index (κ2) is 10.5. The molecule has 0 aliphatic heterocycles. The van der Waals surface area contributed by atoms with Crippen LogP contribution in [0.3, 0.4) is 0 Å².